The van der Waals surface area contributed by atoms with Crippen molar-refractivity contribution in [2.75, 3.05) is 0 Å². The average Bonchev–Trinajstić information content (AvgIpc) is 1.94. The Morgan fingerprint density at radius 1 is 1.21 bits per heavy atom. The number of ketones is 2. The minimum Gasteiger partial charge on any atom is -0.293 e. The molecule has 0 aliphatic heterocycles. The molecule has 1 rings (SSSR count). The van der Waals surface area contributed by atoms with E-state index in [0.717, 1.165) is 10.9 Å². The van der Waals surface area contributed by atoms with Crippen LogP contribution in [0.15, 0.2) is 0 Å². The van der Waals surface area contributed by atoms with Crippen LogP contribution in [0.2, 0.25) is 0 Å². The van der Waals surface area contributed by atoms with E-state index in [9.17, 15) is 9.59 Å². The van der Waals surface area contributed by atoms with Gasteiger partial charge in [0.15, 0.2) is 11.6 Å². The number of hydrogen-bond acceptors (Lipinski definition) is 2. The summed E-state index contributed by atoms with van der Waals surface area (Å²) in [7, 11) is 0.882. The highest BCUT2D eigenvalue weighted by molar-refractivity contribution is 8.00. The van der Waals surface area contributed by atoms with E-state index in [2.05, 4.69) is 0 Å². The minimum atomic E-state index is -0.235. The Morgan fingerprint density at radius 2 is 1.64 bits per heavy atom. The first-order valence-electron chi connectivity index (χ1n) is 4.31. The average molecular weight is 214 g/mol. The van der Waals surface area contributed by atoms with E-state index < -0.39 is 0 Å². The maximum atomic E-state index is 11.6. The monoisotopic (exact) mass is 214 g/mol. The lowest BCUT2D eigenvalue weighted by atomic mass is 9.76. The smallest absolute Gasteiger partial charge is 0.177 e. The maximum Gasteiger partial charge on any atom is 0.177 e. The fourth-order valence-corrected chi connectivity index (χ4v) is 2.09. The van der Waals surface area contributed by atoms with Crippen LogP contribution >= 0.6 is 10.9 Å². The van der Waals surface area contributed by atoms with Crippen molar-refractivity contribution in [3.63, 3.8) is 0 Å². The largest absolute Gasteiger partial charge is 0.293 e. The summed E-state index contributed by atoms with van der Waals surface area (Å²) in [6.07, 6.45) is 0.767. The zero-order chi connectivity index (χ0) is 10.9. The maximum absolute atomic E-state index is 11.6. The lowest BCUT2D eigenvalue weighted by Crippen LogP contribution is -2.37. The predicted molar refractivity (Wildman–Crippen MR) is 59.0 cm³/mol. The predicted octanol–water partition coefficient (Wildman–Crippen LogP) is -0.145. The van der Waals surface area contributed by atoms with Crippen LogP contribution in [0.1, 0.15) is 26.7 Å². The molecule has 0 amide bonds. The third-order valence-corrected chi connectivity index (χ3v) is 2.90. The SMILES string of the molecule is CC1(C)CC(=O)C(=S=C(N)N)C(=O)C1. The molecular weight excluding hydrogens is 200 g/mol. The summed E-state index contributed by atoms with van der Waals surface area (Å²) in [6, 6.07) is 0. The number of rotatable bonds is 0. The van der Waals surface area contributed by atoms with Crippen LogP contribution in [0.3, 0.4) is 0 Å². The summed E-state index contributed by atoms with van der Waals surface area (Å²) in [5.41, 5.74) is 10.3. The Bertz CT molecular complexity index is 339. The summed E-state index contributed by atoms with van der Waals surface area (Å²) in [5.74, 6) is -0.297. The van der Waals surface area contributed by atoms with Crippen LogP contribution in [0.5, 0.6) is 0 Å². The van der Waals surface area contributed by atoms with E-state index in [1.165, 1.54) is 0 Å². The number of carbonyl (C=O) groups is 2. The van der Waals surface area contributed by atoms with Gasteiger partial charge in [-0.2, -0.15) is 0 Å². The highest BCUT2D eigenvalue weighted by Gasteiger charge is 2.35. The van der Waals surface area contributed by atoms with E-state index >= 15 is 0 Å². The summed E-state index contributed by atoms with van der Waals surface area (Å²) < 4.78 is 0. The van der Waals surface area contributed by atoms with Crippen LogP contribution in [0, 0.1) is 5.41 Å². The molecule has 0 aromatic carbocycles. The molecule has 4 N–H and O–H groups in total. The number of Topliss-reactive ketones (excluding diaryl/α,β-unsaturated/α-hetero) is 2. The second-order valence-corrected chi connectivity index (χ2v) is 5.28. The topological polar surface area (TPSA) is 86.2 Å². The van der Waals surface area contributed by atoms with E-state index in [1.54, 1.807) is 0 Å². The van der Waals surface area contributed by atoms with E-state index in [0.29, 0.717) is 12.8 Å². The second-order valence-electron chi connectivity index (χ2n) is 4.20. The highest BCUT2D eigenvalue weighted by Crippen LogP contribution is 2.30. The summed E-state index contributed by atoms with van der Waals surface area (Å²) in [6.45, 7) is 3.81. The fourth-order valence-electron chi connectivity index (χ4n) is 1.48. The molecule has 5 heteroatoms. The Hall–Kier alpha value is -0.780. The molecule has 0 atom stereocenters. The Morgan fingerprint density at radius 3 is 2.00 bits per heavy atom. The first-order valence-corrected chi connectivity index (χ1v) is 5.12. The van der Waals surface area contributed by atoms with Crippen molar-refractivity contribution in [1.82, 2.24) is 0 Å². The molecule has 0 heterocycles. The molecule has 0 saturated heterocycles. The standard InChI is InChI=1S/C9H14N2O2S/c1-9(2)3-5(12)7(6(13)4-9)14-8(10)11/h3-4,10-11H2,1-2H3. The lowest BCUT2D eigenvalue weighted by molar-refractivity contribution is -0.122. The third kappa shape index (κ3) is 2.60. The van der Waals surface area contributed by atoms with Crippen molar-refractivity contribution in [3.8, 4) is 0 Å². The summed E-state index contributed by atoms with van der Waals surface area (Å²) >= 11 is 0. The van der Waals surface area contributed by atoms with Gasteiger partial charge in [0.25, 0.3) is 0 Å². The molecule has 14 heavy (non-hydrogen) atoms. The van der Waals surface area contributed by atoms with Gasteiger partial charge in [-0.05, 0) is 5.41 Å². The molecule has 0 radical (unpaired) electrons. The van der Waals surface area contributed by atoms with Crippen LogP contribution in [0.4, 0.5) is 0 Å². The zero-order valence-corrected chi connectivity index (χ0v) is 9.11. The summed E-state index contributed by atoms with van der Waals surface area (Å²) in [5, 5.41) is 0.0430. The minimum absolute atomic E-state index is 0.0430. The van der Waals surface area contributed by atoms with Gasteiger partial charge in [0.2, 0.25) is 0 Å². The molecule has 0 aromatic rings. The van der Waals surface area contributed by atoms with Crippen molar-refractivity contribution >= 4 is 32.5 Å². The first kappa shape index (κ1) is 11.3. The Labute approximate surface area is 86.2 Å². The van der Waals surface area contributed by atoms with Gasteiger partial charge in [-0.15, -0.1) is 10.9 Å². The van der Waals surface area contributed by atoms with Gasteiger partial charge in [0.1, 0.15) is 9.98 Å². The van der Waals surface area contributed by atoms with Crippen molar-refractivity contribution < 1.29 is 9.59 Å². The van der Waals surface area contributed by atoms with Gasteiger partial charge < -0.3 is 0 Å². The van der Waals surface area contributed by atoms with Crippen LogP contribution in [0.25, 0.3) is 0 Å². The van der Waals surface area contributed by atoms with Crippen molar-refractivity contribution in [2.24, 2.45) is 16.9 Å². The molecule has 0 bridgehead atoms. The Balaban J connectivity index is 3.11. The van der Waals surface area contributed by atoms with Gasteiger partial charge in [-0.3, -0.25) is 21.1 Å². The van der Waals surface area contributed by atoms with Crippen LogP contribution in [-0.2, 0) is 9.59 Å². The molecule has 1 aliphatic carbocycles. The van der Waals surface area contributed by atoms with Crippen molar-refractivity contribution in [1.29, 1.82) is 0 Å². The van der Waals surface area contributed by atoms with Crippen molar-refractivity contribution in [2.45, 2.75) is 26.7 Å². The highest BCUT2D eigenvalue weighted by atomic mass is 32.1. The molecular formula is C9H14N2O2S. The molecule has 0 spiro atoms. The van der Waals surface area contributed by atoms with Gasteiger partial charge in [0, 0.05) is 12.8 Å². The molecule has 0 unspecified atom stereocenters. The molecule has 4 nitrogen and oxygen atoms in total. The van der Waals surface area contributed by atoms with E-state index in [1.807, 2.05) is 13.8 Å². The molecule has 1 saturated carbocycles. The normalized spacial score (nSPS) is 21.0. The second kappa shape index (κ2) is 3.76. The fraction of sp³-hybridized carbons (Fsp3) is 0.556. The third-order valence-electron chi connectivity index (χ3n) is 2.00. The molecule has 0 aromatic heterocycles. The number of hydrogen-bond donors (Lipinski definition) is 2. The van der Waals surface area contributed by atoms with Crippen LogP contribution in [-0.4, -0.2) is 21.5 Å². The van der Waals surface area contributed by atoms with Gasteiger partial charge in [-0.25, -0.2) is 0 Å². The zero-order valence-electron chi connectivity index (χ0n) is 8.29. The van der Waals surface area contributed by atoms with Gasteiger partial charge in [-0.1, -0.05) is 13.8 Å². The number of carbonyl (C=O) groups excluding carboxylic acids is 2. The lowest BCUT2D eigenvalue weighted by Gasteiger charge is -2.27. The molecule has 1 fully saturated rings. The van der Waals surface area contributed by atoms with Gasteiger partial charge >= 0.3 is 0 Å². The van der Waals surface area contributed by atoms with Crippen LogP contribution < -0.4 is 11.5 Å². The van der Waals surface area contributed by atoms with E-state index in [-0.39, 0.29) is 27.0 Å². The quantitative estimate of drug-likeness (QED) is 0.549. The van der Waals surface area contributed by atoms with Gasteiger partial charge in [0.05, 0.1) is 0 Å². The first-order chi connectivity index (χ1) is 6.32. The number of nitrogens with two attached hydrogens (primary N) is 2. The van der Waals surface area contributed by atoms with Crippen molar-refractivity contribution in [3.05, 3.63) is 0 Å². The summed E-state index contributed by atoms with van der Waals surface area (Å²) in [4.78, 5) is 23.3. The molecule has 1 aliphatic rings. The van der Waals surface area contributed by atoms with E-state index in [4.69, 9.17) is 11.5 Å². The Kier molecular flexibility index (Phi) is 3.04. The molecule has 78 valence electrons.